The summed E-state index contributed by atoms with van der Waals surface area (Å²) in [5.74, 6) is -4.37. The Hall–Kier alpha value is -6.79. The van der Waals surface area contributed by atoms with Gasteiger partial charge < -0.3 is 53.3 Å². The fraction of sp³-hybridized carbons (Fsp3) is 0.413. The van der Waals surface area contributed by atoms with E-state index < -0.39 is 91.5 Å². The van der Waals surface area contributed by atoms with Gasteiger partial charge in [-0.25, -0.2) is 14.4 Å². The van der Waals surface area contributed by atoms with Gasteiger partial charge in [0, 0.05) is 40.2 Å². The van der Waals surface area contributed by atoms with E-state index in [1.165, 1.54) is 6.08 Å². The average Bonchev–Trinajstić information content (AvgIpc) is 3.58. The lowest BCUT2D eigenvalue weighted by molar-refractivity contribution is -0.316. The summed E-state index contributed by atoms with van der Waals surface area (Å²) in [6.07, 6.45) is -9.47. The molecule has 18 nitrogen and oxygen atoms in total. The standard InChI is InChI=1S/C46H52N2O16/c1-6-22-56-43(53)38(48-46(55)59-25-37-35-18-12-10-16-33(35)34-17-11-13-19-36(34)37)21-20-32(23-47-45(54)58-24-31-14-8-7-9-15-31)63-44-42(62-30(5)52)41(61-29(4)51)40(60-28(3)50)39(64-44)26-57-27(2)49/h6-19,32,37-42,44H,1,20-26H2,2-5H3,(H,47,54)(H,48,55)/t32-,38+,39-,40+,41+,42-,44-/m1/s1. The molecule has 1 aliphatic heterocycles. The van der Waals surface area contributed by atoms with Gasteiger partial charge in [-0.15, -0.1) is 0 Å². The van der Waals surface area contributed by atoms with Gasteiger partial charge in [-0.05, 0) is 40.7 Å². The van der Waals surface area contributed by atoms with Crippen LogP contribution in [0.4, 0.5) is 9.59 Å². The lowest BCUT2D eigenvalue weighted by atomic mass is 9.97. The van der Waals surface area contributed by atoms with Crippen LogP contribution in [-0.2, 0) is 73.2 Å². The minimum absolute atomic E-state index is 0.0437. The Morgan fingerprint density at radius 2 is 1.25 bits per heavy atom. The van der Waals surface area contributed by atoms with Crippen molar-refractivity contribution in [3.63, 3.8) is 0 Å². The SMILES string of the molecule is C=CCOC(=O)[C@H](CC[C@H](CNC(=O)OCc1ccccc1)O[C@@H]1O[C@H](COC(C)=O)[C@H](OC(C)=O)[C@H](OC(C)=O)[C@H]1OC(C)=O)NC(=O)OCC1c2ccccc2-c2ccccc21. The second kappa shape index (κ2) is 23.6. The fourth-order valence-corrected chi connectivity index (χ4v) is 7.30. The van der Waals surface area contributed by atoms with E-state index in [1.807, 2.05) is 54.6 Å². The van der Waals surface area contributed by atoms with Crippen LogP contribution in [0.2, 0.25) is 0 Å². The van der Waals surface area contributed by atoms with Crippen molar-refractivity contribution in [2.24, 2.45) is 0 Å². The second-order valence-corrected chi connectivity index (χ2v) is 14.8. The van der Waals surface area contributed by atoms with Crippen molar-refractivity contribution in [1.82, 2.24) is 10.6 Å². The number of benzene rings is 3. The zero-order valence-corrected chi connectivity index (χ0v) is 35.9. The molecule has 342 valence electrons. The molecule has 0 aromatic heterocycles. The molecule has 0 bridgehead atoms. The Morgan fingerprint density at radius 1 is 0.656 bits per heavy atom. The highest BCUT2D eigenvalue weighted by molar-refractivity contribution is 5.82. The Kier molecular flexibility index (Phi) is 17.8. The molecule has 0 saturated carbocycles. The molecular formula is C46H52N2O16. The molecule has 7 atom stereocenters. The van der Waals surface area contributed by atoms with E-state index in [2.05, 4.69) is 17.2 Å². The largest absolute Gasteiger partial charge is 0.463 e. The van der Waals surface area contributed by atoms with Gasteiger partial charge in [0.05, 0.1) is 6.10 Å². The van der Waals surface area contributed by atoms with Gasteiger partial charge in [-0.1, -0.05) is 91.5 Å². The van der Waals surface area contributed by atoms with Crippen molar-refractivity contribution < 1.29 is 76.2 Å². The first kappa shape index (κ1) is 48.2. The van der Waals surface area contributed by atoms with Crippen LogP contribution < -0.4 is 10.6 Å². The summed E-state index contributed by atoms with van der Waals surface area (Å²) < 4.78 is 50.6. The number of amides is 2. The maximum atomic E-state index is 13.5. The van der Waals surface area contributed by atoms with E-state index in [0.717, 1.165) is 49.9 Å². The molecule has 64 heavy (non-hydrogen) atoms. The van der Waals surface area contributed by atoms with Crippen LogP contribution in [0.1, 0.15) is 63.1 Å². The highest BCUT2D eigenvalue weighted by Crippen LogP contribution is 2.44. The van der Waals surface area contributed by atoms with Gasteiger partial charge in [0.1, 0.15) is 38.6 Å². The van der Waals surface area contributed by atoms with E-state index in [9.17, 15) is 33.6 Å². The van der Waals surface area contributed by atoms with Crippen molar-refractivity contribution in [3.05, 3.63) is 108 Å². The van der Waals surface area contributed by atoms with Gasteiger partial charge >= 0.3 is 42.0 Å². The number of carbonyl (C=O) groups excluding carboxylic acids is 7. The van der Waals surface area contributed by atoms with Gasteiger partial charge in [-0.3, -0.25) is 19.2 Å². The zero-order chi connectivity index (χ0) is 46.2. The molecule has 18 heteroatoms. The number of fused-ring (bicyclic) bond motifs is 3. The molecule has 1 saturated heterocycles. The zero-order valence-electron chi connectivity index (χ0n) is 35.9. The van der Waals surface area contributed by atoms with E-state index in [1.54, 1.807) is 24.3 Å². The van der Waals surface area contributed by atoms with Gasteiger partial charge in [0.15, 0.2) is 24.6 Å². The predicted molar refractivity (Wildman–Crippen MR) is 224 cm³/mol. The first-order chi connectivity index (χ1) is 30.7. The minimum Gasteiger partial charge on any atom is -0.463 e. The number of hydrogen-bond acceptors (Lipinski definition) is 16. The number of carbonyl (C=O) groups is 7. The maximum absolute atomic E-state index is 13.5. The first-order valence-corrected chi connectivity index (χ1v) is 20.5. The van der Waals surface area contributed by atoms with Gasteiger partial charge in [0.25, 0.3) is 0 Å². The molecule has 5 rings (SSSR count). The molecule has 2 aliphatic rings. The van der Waals surface area contributed by atoms with Crippen LogP contribution in [0.5, 0.6) is 0 Å². The van der Waals surface area contributed by atoms with Gasteiger partial charge in [0.2, 0.25) is 0 Å². The van der Waals surface area contributed by atoms with Crippen LogP contribution in [0, 0.1) is 0 Å². The van der Waals surface area contributed by atoms with Crippen molar-refractivity contribution >= 4 is 42.0 Å². The van der Waals surface area contributed by atoms with Crippen molar-refractivity contribution in [1.29, 1.82) is 0 Å². The predicted octanol–water partition coefficient (Wildman–Crippen LogP) is 4.80. The fourth-order valence-electron chi connectivity index (χ4n) is 7.30. The van der Waals surface area contributed by atoms with E-state index in [-0.39, 0.29) is 45.1 Å². The van der Waals surface area contributed by atoms with Gasteiger partial charge in [-0.2, -0.15) is 0 Å². The summed E-state index contributed by atoms with van der Waals surface area (Å²) in [6, 6.07) is 23.2. The third kappa shape index (κ3) is 13.9. The summed E-state index contributed by atoms with van der Waals surface area (Å²) in [6.45, 7) is 6.82. The molecule has 3 aromatic carbocycles. The average molecular weight is 889 g/mol. The van der Waals surface area contributed by atoms with Crippen molar-refractivity contribution in [3.8, 4) is 11.1 Å². The summed E-state index contributed by atoms with van der Waals surface area (Å²) in [7, 11) is 0. The van der Waals surface area contributed by atoms with Crippen LogP contribution >= 0.6 is 0 Å². The normalized spacial score (nSPS) is 19.5. The molecule has 0 radical (unpaired) electrons. The molecule has 3 aromatic rings. The maximum Gasteiger partial charge on any atom is 0.407 e. The number of rotatable bonds is 20. The number of esters is 5. The van der Waals surface area contributed by atoms with E-state index in [4.69, 9.17) is 42.6 Å². The molecule has 1 aliphatic carbocycles. The number of ether oxygens (including phenoxy) is 9. The van der Waals surface area contributed by atoms with Crippen molar-refractivity contribution in [2.75, 3.05) is 26.4 Å². The molecule has 2 N–H and O–H groups in total. The summed E-state index contributed by atoms with van der Waals surface area (Å²) in [5, 5.41) is 5.20. The second-order valence-electron chi connectivity index (χ2n) is 14.8. The molecule has 1 heterocycles. The van der Waals surface area contributed by atoms with E-state index >= 15 is 0 Å². The Balaban J connectivity index is 1.38. The highest BCUT2D eigenvalue weighted by Gasteiger charge is 2.53. The molecule has 0 spiro atoms. The minimum atomic E-state index is -1.64. The Bertz CT molecular complexity index is 2080. The highest BCUT2D eigenvalue weighted by atomic mass is 16.7. The topological polar surface area (TPSA) is 227 Å². The van der Waals surface area contributed by atoms with Crippen molar-refractivity contribution in [2.45, 2.75) is 95.9 Å². The van der Waals surface area contributed by atoms with Crippen LogP contribution in [0.15, 0.2) is 91.5 Å². The molecule has 2 amide bonds. The molecule has 1 fully saturated rings. The lowest BCUT2D eigenvalue weighted by Crippen LogP contribution is -2.63. The molecule has 0 unspecified atom stereocenters. The van der Waals surface area contributed by atoms with Crippen LogP contribution in [-0.4, -0.2) is 111 Å². The Morgan fingerprint density at radius 3 is 1.86 bits per heavy atom. The summed E-state index contributed by atoms with van der Waals surface area (Å²) >= 11 is 0. The Labute approximate surface area is 369 Å². The number of alkyl carbamates (subject to hydrolysis) is 2. The lowest BCUT2D eigenvalue weighted by Gasteiger charge is -2.44. The summed E-state index contributed by atoms with van der Waals surface area (Å²) in [4.78, 5) is 89.0. The monoisotopic (exact) mass is 888 g/mol. The quantitative estimate of drug-likeness (QED) is 0.0883. The van der Waals surface area contributed by atoms with E-state index in [0.29, 0.717) is 5.56 Å². The molecular weight excluding hydrogens is 837 g/mol. The number of nitrogens with one attached hydrogen (secondary N) is 2. The first-order valence-electron chi connectivity index (χ1n) is 20.5. The number of hydrogen-bond donors (Lipinski definition) is 2. The summed E-state index contributed by atoms with van der Waals surface area (Å²) in [5.41, 5.74) is 4.73. The van der Waals surface area contributed by atoms with Crippen LogP contribution in [0.25, 0.3) is 11.1 Å². The third-order valence-corrected chi connectivity index (χ3v) is 10.0. The third-order valence-electron chi connectivity index (χ3n) is 10.0. The smallest absolute Gasteiger partial charge is 0.407 e. The van der Waals surface area contributed by atoms with Crippen LogP contribution in [0.3, 0.4) is 0 Å².